The van der Waals surface area contributed by atoms with Gasteiger partial charge >= 0.3 is 0 Å². The van der Waals surface area contributed by atoms with Crippen LogP contribution in [0.15, 0.2) is 39.7 Å². The molecule has 6 heteroatoms. The summed E-state index contributed by atoms with van der Waals surface area (Å²) in [4.78, 5) is 13.8. The predicted molar refractivity (Wildman–Crippen MR) is 80.5 cm³/mol. The number of rotatable bonds is 3. The third kappa shape index (κ3) is 3.35. The molecule has 0 fully saturated rings. The Morgan fingerprint density at radius 1 is 1.32 bits per heavy atom. The van der Waals surface area contributed by atoms with Crippen molar-refractivity contribution < 1.29 is 0 Å². The maximum atomic E-state index is 11.9. The fraction of sp³-hybridized carbons (Fsp3) is 0.231. The minimum Gasteiger partial charge on any atom is -0.399 e. The highest BCUT2D eigenvalue weighted by Gasteiger charge is 2.04. The molecule has 1 aromatic carbocycles. The second-order valence-corrected chi connectivity index (χ2v) is 5.41. The Morgan fingerprint density at radius 2 is 2.05 bits per heavy atom. The summed E-state index contributed by atoms with van der Waals surface area (Å²) in [7, 11) is 3.74. The van der Waals surface area contributed by atoms with Crippen LogP contribution in [-0.2, 0) is 6.54 Å². The first kappa shape index (κ1) is 13.6. The van der Waals surface area contributed by atoms with Gasteiger partial charge in [0.25, 0.3) is 5.56 Å². The SMILES string of the molecule is CN(C)c1cnn(Cc2cc(N)cc(Br)c2)c(=O)c1. The van der Waals surface area contributed by atoms with Gasteiger partial charge in [-0.15, -0.1) is 0 Å². The normalized spacial score (nSPS) is 10.5. The molecule has 19 heavy (non-hydrogen) atoms. The van der Waals surface area contributed by atoms with Gasteiger partial charge in [-0.3, -0.25) is 4.79 Å². The van der Waals surface area contributed by atoms with Crippen molar-refractivity contribution in [2.75, 3.05) is 24.7 Å². The molecule has 0 bridgehead atoms. The second-order valence-electron chi connectivity index (χ2n) is 4.50. The smallest absolute Gasteiger partial charge is 0.269 e. The largest absolute Gasteiger partial charge is 0.399 e. The van der Waals surface area contributed by atoms with E-state index in [0.29, 0.717) is 12.2 Å². The Kier molecular flexibility index (Phi) is 3.90. The van der Waals surface area contributed by atoms with E-state index in [1.54, 1.807) is 12.3 Å². The van der Waals surface area contributed by atoms with Crippen molar-refractivity contribution in [1.29, 1.82) is 0 Å². The molecule has 2 aromatic rings. The topological polar surface area (TPSA) is 64.2 Å². The average Bonchev–Trinajstić information content (AvgIpc) is 2.30. The average molecular weight is 323 g/mol. The van der Waals surface area contributed by atoms with Crippen LogP contribution < -0.4 is 16.2 Å². The zero-order valence-electron chi connectivity index (χ0n) is 10.8. The highest BCUT2D eigenvalue weighted by atomic mass is 79.9. The summed E-state index contributed by atoms with van der Waals surface area (Å²) in [6.45, 7) is 0.399. The second kappa shape index (κ2) is 5.44. The molecule has 0 radical (unpaired) electrons. The van der Waals surface area contributed by atoms with Crippen LogP contribution in [0.1, 0.15) is 5.56 Å². The van der Waals surface area contributed by atoms with Crippen LogP contribution in [0.4, 0.5) is 11.4 Å². The zero-order valence-corrected chi connectivity index (χ0v) is 12.4. The highest BCUT2D eigenvalue weighted by molar-refractivity contribution is 9.10. The molecule has 100 valence electrons. The Labute approximate surface area is 119 Å². The van der Waals surface area contributed by atoms with Crippen LogP contribution in [0.3, 0.4) is 0 Å². The molecule has 1 aromatic heterocycles. The third-order valence-corrected chi connectivity index (χ3v) is 3.14. The number of hydrogen-bond acceptors (Lipinski definition) is 4. The van der Waals surface area contributed by atoms with Gasteiger partial charge in [-0.1, -0.05) is 15.9 Å². The molecule has 0 saturated carbocycles. The Hall–Kier alpha value is -1.82. The lowest BCUT2D eigenvalue weighted by atomic mass is 10.2. The van der Waals surface area contributed by atoms with Gasteiger partial charge in [-0.25, -0.2) is 4.68 Å². The van der Waals surface area contributed by atoms with Gasteiger partial charge in [0.15, 0.2) is 0 Å². The van der Waals surface area contributed by atoms with Gasteiger partial charge in [-0.2, -0.15) is 5.10 Å². The van der Waals surface area contributed by atoms with Crippen LogP contribution in [-0.4, -0.2) is 23.9 Å². The van der Waals surface area contributed by atoms with Gasteiger partial charge in [0.05, 0.1) is 18.4 Å². The number of nitrogens with two attached hydrogens (primary N) is 1. The van der Waals surface area contributed by atoms with Gasteiger partial charge in [-0.05, 0) is 23.8 Å². The lowest BCUT2D eigenvalue weighted by Gasteiger charge is -2.12. The number of nitrogen functional groups attached to an aromatic ring is 1. The van der Waals surface area contributed by atoms with E-state index < -0.39 is 0 Å². The standard InChI is InChI=1S/C13H15BrN4O/c1-17(2)12-6-13(19)18(16-7-12)8-9-3-10(14)5-11(15)4-9/h3-7H,8,15H2,1-2H3. The molecule has 0 saturated heterocycles. The van der Waals surface area contributed by atoms with Crippen LogP contribution in [0.5, 0.6) is 0 Å². The van der Waals surface area contributed by atoms with Crippen LogP contribution in [0, 0.1) is 0 Å². The maximum Gasteiger partial charge on any atom is 0.269 e. The molecule has 0 unspecified atom stereocenters. The fourth-order valence-electron chi connectivity index (χ4n) is 1.73. The van der Waals surface area contributed by atoms with Gasteiger partial charge < -0.3 is 10.6 Å². The van der Waals surface area contributed by atoms with Crippen molar-refractivity contribution >= 4 is 27.3 Å². The predicted octanol–water partition coefficient (Wildman–Crippen LogP) is 1.70. The van der Waals surface area contributed by atoms with Gasteiger partial charge in [0.1, 0.15) is 0 Å². The van der Waals surface area contributed by atoms with Crippen molar-refractivity contribution in [2.24, 2.45) is 0 Å². The first-order valence-corrected chi connectivity index (χ1v) is 6.54. The number of anilines is 2. The van der Waals surface area contributed by atoms with E-state index in [1.807, 2.05) is 37.2 Å². The molecule has 0 amide bonds. The minimum absolute atomic E-state index is 0.134. The number of benzene rings is 1. The van der Waals surface area contributed by atoms with Crippen molar-refractivity contribution in [3.05, 3.63) is 50.9 Å². The molecule has 0 aliphatic carbocycles. The van der Waals surface area contributed by atoms with E-state index in [2.05, 4.69) is 21.0 Å². The fourth-order valence-corrected chi connectivity index (χ4v) is 2.29. The summed E-state index contributed by atoms with van der Waals surface area (Å²) in [5, 5.41) is 4.16. The monoisotopic (exact) mass is 322 g/mol. The summed E-state index contributed by atoms with van der Waals surface area (Å²) < 4.78 is 2.30. The van der Waals surface area contributed by atoms with Crippen molar-refractivity contribution in [3.8, 4) is 0 Å². The summed E-state index contributed by atoms with van der Waals surface area (Å²) in [6, 6.07) is 7.13. The van der Waals surface area contributed by atoms with Gasteiger partial charge in [0, 0.05) is 30.3 Å². The molecule has 0 aliphatic heterocycles. The number of aromatic nitrogens is 2. The minimum atomic E-state index is -0.134. The van der Waals surface area contributed by atoms with Crippen LogP contribution in [0.2, 0.25) is 0 Å². The quantitative estimate of drug-likeness (QED) is 0.874. The third-order valence-electron chi connectivity index (χ3n) is 2.68. The summed E-state index contributed by atoms with van der Waals surface area (Å²) in [5.74, 6) is 0. The Bertz CT molecular complexity index is 631. The van der Waals surface area contributed by atoms with E-state index in [1.165, 1.54) is 4.68 Å². The van der Waals surface area contributed by atoms with E-state index in [-0.39, 0.29) is 5.56 Å². The molecule has 1 heterocycles. The lowest BCUT2D eigenvalue weighted by molar-refractivity contribution is 0.638. The summed E-state index contributed by atoms with van der Waals surface area (Å²) >= 11 is 3.38. The summed E-state index contributed by atoms with van der Waals surface area (Å²) in [6.07, 6.45) is 1.67. The molecule has 2 rings (SSSR count). The van der Waals surface area contributed by atoms with E-state index in [9.17, 15) is 4.79 Å². The van der Waals surface area contributed by atoms with E-state index >= 15 is 0 Å². The number of nitrogens with zero attached hydrogens (tertiary/aromatic N) is 3. The molecule has 2 N–H and O–H groups in total. The van der Waals surface area contributed by atoms with Gasteiger partial charge in [0.2, 0.25) is 0 Å². The molecule has 0 atom stereocenters. The van der Waals surface area contributed by atoms with Crippen molar-refractivity contribution in [1.82, 2.24) is 9.78 Å². The molecule has 0 spiro atoms. The van der Waals surface area contributed by atoms with Crippen LogP contribution >= 0.6 is 15.9 Å². The Morgan fingerprint density at radius 3 is 2.63 bits per heavy atom. The first-order chi connectivity index (χ1) is 8.95. The zero-order chi connectivity index (χ0) is 14.0. The summed E-state index contributed by atoms with van der Waals surface area (Å²) in [5.41, 5.74) is 8.01. The number of halogens is 1. The maximum absolute atomic E-state index is 11.9. The molecule has 5 nitrogen and oxygen atoms in total. The Balaban J connectivity index is 2.31. The first-order valence-electron chi connectivity index (χ1n) is 5.75. The van der Waals surface area contributed by atoms with Crippen molar-refractivity contribution in [2.45, 2.75) is 6.54 Å². The lowest BCUT2D eigenvalue weighted by Crippen LogP contribution is -2.24. The van der Waals surface area contributed by atoms with Crippen LogP contribution in [0.25, 0.3) is 0 Å². The van der Waals surface area contributed by atoms with Crippen molar-refractivity contribution in [3.63, 3.8) is 0 Å². The highest BCUT2D eigenvalue weighted by Crippen LogP contribution is 2.17. The number of hydrogen-bond donors (Lipinski definition) is 1. The molecular formula is C13H15BrN4O. The van der Waals surface area contributed by atoms with E-state index in [4.69, 9.17) is 5.73 Å². The van der Waals surface area contributed by atoms with E-state index in [0.717, 1.165) is 15.7 Å². The molecule has 0 aliphatic rings. The molecular weight excluding hydrogens is 308 g/mol.